The van der Waals surface area contributed by atoms with Crippen LogP contribution in [0.5, 0.6) is 0 Å². The average Bonchev–Trinajstić information content (AvgIpc) is 3.24. The van der Waals surface area contributed by atoms with E-state index in [1.54, 1.807) is 6.08 Å². The molecule has 1 aromatic heterocycles. The van der Waals surface area contributed by atoms with Gasteiger partial charge in [0.15, 0.2) is 0 Å². The van der Waals surface area contributed by atoms with Gasteiger partial charge in [-0.2, -0.15) is 0 Å². The number of H-pyrrole nitrogens is 1. The number of aromatic amines is 1. The average molecular weight is 357 g/mol. The summed E-state index contributed by atoms with van der Waals surface area (Å²) in [6, 6.07) is 16.2. The van der Waals surface area contributed by atoms with Crippen molar-refractivity contribution in [1.29, 1.82) is 0 Å². The second-order valence-corrected chi connectivity index (χ2v) is 5.93. The third-order valence-corrected chi connectivity index (χ3v) is 4.33. The summed E-state index contributed by atoms with van der Waals surface area (Å²) in [6.45, 7) is 0. The SMILES string of the molecule is C.Cl.O=C(O)/C=C/c1ccc(C2CC2c2nc3ccccc3[nH]2)cc1. The molecule has 1 aliphatic rings. The van der Waals surface area contributed by atoms with E-state index in [4.69, 9.17) is 5.11 Å². The molecular weight excluding hydrogens is 336 g/mol. The number of carboxylic acids is 1. The van der Waals surface area contributed by atoms with E-state index in [1.807, 2.05) is 36.4 Å². The van der Waals surface area contributed by atoms with Gasteiger partial charge in [0, 0.05) is 12.0 Å². The number of carbonyl (C=O) groups is 1. The molecule has 3 aromatic rings. The number of aliphatic carboxylic acids is 1. The first-order chi connectivity index (χ1) is 11.2. The van der Waals surface area contributed by atoms with Crippen molar-refractivity contribution >= 4 is 35.5 Å². The zero-order chi connectivity index (χ0) is 15.8. The highest BCUT2D eigenvalue weighted by Gasteiger charge is 2.41. The maximum absolute atomic E-state index is 10.5. The van der Waals surface area contributed by atoms with Gasteiger partial charge in [-0.1, -0.05) is 43.8 Å². The Hall–Kier alpha value is -2.59. The fourth-order valence-corrected chi connectivity index (χ4v) is 3.04. The molecule has 0 aliphatic heterocycles. The maximum atomic E-state index is 10.5. The molecule has 130 valence electrons. The minimum atomic E-state index is -0.929. The van der Waals surface area contributed by atoms with E-state index < -0.39 is 5.97 Å². The van der Waals surface area contributed by atoms with Gasteiger partial charge < -0.3 is 10.1 Å². The molecule has 0 saturated heterocycles. The summed E-state index contributed by atoms with van der Waals surface area (Å²) in [6.07, 6.45) is 3.86. The van der Waals surface area contributed by atoms with Gasteiger partial charge in [0.25, 0.3) is 0 Å². The van der Waals surface area contributed by atoms with E-state index in [1.165, 1.54) is 5.56 Å². The van der Waals surface area contributed by atoms with E-state index in [2.05, 4.69) is 22.1 Å². The molecule has 0 spiro atoms. The van der Waals surface area contributed by atoms with E-state index in [-0.39, 0.29) is 19.8 Å². The topological polar surface area (TPSA) is 66.0 Å². The normalized spacial score (nSPS) is 18.6. The molecule has 25 heavy (non-hydrogen) atoms. The number of rotatable bonds is 4. The molecule has 2 atom stereocenters. The number of hydrogen-bond acceptors (Lipinski definition) is 2. The largest absolute Gasteiger partial charge is 0.478 e. The van der Waals surface area contributed by atoms with Gasteiger partial charge in [0.05, 0.1) is 11.0 Å². The number of nitrogens with one attached hydrogen (secondary N) is 1. The number of fused-ring (bicyclic) bond motifs is 1. The first kappa shape index (κ1) is 18.7. The number of imidazole rings is 1. The van der Waals surface area contributed by atoms with Crippen LogP contribution in [0, 0.1) is 0 Å². The van der Waals surface area contributed by atoms with Crippen molar-refractivity contribution in [2.45, 2.75) is 25.7 Å². The minimum absolute atomic E-state index is 0. The molecule has 0 bridgehead atoms. The summed E-state index contributed by atoms with van der Waals surface area (Å²) in [5, 5.41) is 8.65. The quantitative estimate of drug-likeness (QED) is 0.647. The van der Waals surface area contributed by atoms with Gasteiger partial charge in [-0.3, -0.25) is 0 Å². The van der Waals surface area contributed by atoms with E-state index in [9.17, 15) is 4.79 Å². The number of nitrogens with zero attached hydrogens (tertiary/aromatic N) is 1. The summed E-state index contributed by atoms with van der Waals surface area (Å²) < 4.78 is 0. The number of benzene rings is 2. The van der Waals surface area contributed by atoms with Crippen molar-refractivity contribution < 1.29 is 9.90 Å². The third-order valence-electron chi connectivity index (χ3n) is 4.33. The van der Waals surface area contributed by atoms with Crippen LogP contribution in [0.4, 0.5) is 0 Å². The van der Waals surface area contributed by atoms with Crippen molar-refractivity contribution in [1.82, 2.24) is 9.97 Å². The predicted octanol–water partition coefficient (Wildman–Crippen LogP) is 4.99. The van der Waals surface area contributed by atoms with Gasteiger partial charge in [-0.15, -0.1) is 12.4 Å². The molecule has 2 unspecified atom stereocenters. The molecule has 5 heteroatoms. The first-order valence-electron chi connectivity index (χ1n) is 7.66. The highest BCUT2D eigenvalue weighted by Crippen LogP contribution is 2.53. The molecule has 1 aliphatic carbocycles. The van der Waals surface area contributed by atoms with Gasteiger partial charge in [-0.05, 0) is 41.7 Å². The van der Waals surface area contributed by atoms with E-state index in [0.29, 0.717) is 11.8 Å². The van der Waals surface area contributed by atoms with Crippen LogP contribution in [0.1, 0.15) is 42.6 Å². The lowest BCUT2D eigenvalue weighted by molar-refractivity contribution is -0.131. The fourth-order valence-electron chi connectivity index (χ4n) is 3.04. The molecule has 0 radical (unpaired) electrons. The Labute approximate surface area is 153 Å². The van der Waals surface area contributed by atoms with Crippen molar-refractivity contribution in [2.75, 3.05) is 0 Å². The predicted molar refractivity (Wildman–Crippen MR) is 103 cm³/mol. The molecular formula is C20H21ClN2O2. The van der Waals surface area contributed by atoms with Crippen LogP contribution in [-0.2, 0) is 4.79 Å². The lowest BCUT2D eigenvalue weighted by atomic mass is 10.1. The molecule has 1 saturated carbocycles. The maximum Gasteiger partial charge on any atom is 0.328 e. The second kappa shape index (κ2) is 7.53. The molecule has 1 heterocycles. The monoisotopic (exact) mass is 356 g/mol. The molecule has 2 aromatic carbocycles. The van der Waals surface area contributed by atoms with Crippen LogP contribution in [0.25, 0.3) is 17.1 Å². The Bertz CT molecular complexity index is 866. The number of carboxylic acid groups (broad SMARTS) is 1. The summed E-state index contributed by atoms with van der Waals surface area (Å²) >= 11 is 0. The van der Waals surface area contributed by atoms with E-state index in [0.717, 1.165) is 34.9 Å². The molecule has 0 amide bonds. The standard InChI is InChI=1S/C19H16N2O2.CH4.ClH/c22-18(23)10-7-12-5-8-13(9-6-12)14-11-15(14)19-20-16-3-1-2-4-17(16)21-19;;/h1-10,14-15H,11H2,(H,20,21)(H,22,23);1H4;1H/b10-7+;;. The highest BCUT2D eigenvalue weighted by atomic mass is 35.5. The van der Waals surface area contributed by atoms with Crippen molar-refractivity contribution in [3.63, 3.8) is 0 Å². The van der Waals surface area contributed by atoms with Crippen molar-refractivity contribution in [2.24, 2.45) is 0 Å². The van der Waals surface area contributed by atoms with Crippen LogP contribution in [-0.4, -0.2) is 21.0 Å². The minimum Gasteiger partial charge on any atom is -0.478 e. The number of aromatic nitrogens is 2. The fraction of sp³-hybridized carbons (Fsp3) is 0.200. The summed E-state index contributed by atoms with van der Waals surface area (Å²) in [7, 11) is 0. The Morgan fingerprint density at radius 3 is 2.52 bits per heavy atom. The van der Waals surface area contributed by atoms with Crippen molar-refractivity contribution in [3.8, 4) is 0 Å². The van der Waals surface area contributed by atoms with Gasteiger partial charge in [-0.25, -0.2) is 9.78 Å². The Balaban J connectivity index is 0.00000113. The van der Waals surface area contributed by atoms with Gasteiger partial charge >= 0.3 is 5.97 Å². The smallest absolute Gasteiger partial charge is 0.328 e. The lowest BCUT2D eigenvalue weighted by Crippen LogP contribution is -1.88. The Kier molecular flexibility index (Phi) is 5.65. The number of para-hydroxylation sites is 2. The summed E-state index contributed by atoms with van der Waals surface area (Å²) in [5.41, 5.74) is 4.28. The number of hydrogen-bond donors (Lipinski definition) is 2. The zero-order valence-corrected chi connectivity index (χ0v) is 13.7. The van der Waals surface area contributed by atoms with Crippen LogP contribution >= 0.6 is 12.4 Å². The molecule has 4 nitrogen and oxygen atoms in total. The van der Waals surface area contributed by atoms with E-state index >= 15 is 0 Å². The molecule has 2 N–H and O–H groups in total. The molecule has 1 fully saturated rings. The molecule has 4 rings (SSSR count). The van der Waals surface area contributed by atoms with Gasteiger partial charge in [0.2, 0.25) is 0 Å². The Morgan fingerprint density at radius 2 is 1.84 bits per heavy atom. The van der Waals surface area contributed by atoms with Gasteiger partial charge in [0.1, 0.15) is 5.82 Å². The second-order valence-electron chi connectivity index (χ2n) is 5.93. The van der Waals surface area contributed by atoms with Crippen molar-refractivity contribution in [3.05, 3.63) is 71.6 Å². The summed E-state index contributed by atoms with van der Waals surface area (Å²) in [5.74, 6) is 1.07. The Morgan fingerprint density at radius 1 is 1.12 bits per heavy atom. The third kappa shape index (κ3) is 3.91. The zero-order valence-electron chi connectivity index (χ0n) is 12.8. The van der Waals surface area contributed by atoms with Crippen LogP contribution in [0.15, 0.2) is 54.6 Å². The summed E-state index contributed by atoms with van der Waals surface area (Å²) in [4.78, 5) is 18.6. The van der Waals surface area contributed by atoms with Crippen LogP contribution in [0.3, 0.4) is 0 Å². The highest BCUT2D eigenvalue weighted by molar-refractivity contribution is 5.85. The lowest BCUT2D eigenvalue weighted by Gasteiger charge is -2.00. The van der Waals surface area contributed by atoms with Crippen LogP contribution < -0.4 is 0 Å². The number of halogens is 1. The first-order valence-corrected chi connectivity index (χ1v) is 7.66. The van der Waals surface area contributed by atoms with Crippen LogP contribution in [0.2, 0.25) is 0 Å².